The first-order chi connectivity index (χ1) is 18.9. The fourth-order valence-electron chi connectivity index (χ4n) is 5.26. The highest BCUT2D eigenvalue weighted by Crippen LogP contribution is 2.29. The van der Waals surface area contributed by atoms with Crippen molar-refractivity contribution in [2.75, 3.05) is 37.6 Å². The van der Waals surface area contributed by atoms with Crippen molar-refractivity contribution in [3.63, 3.8) is 0 Å². The number of carbonyl (C=O) groups is 1. The van der Waals surface area contributed by atoms with E-state index in [1.165, 1.54) is 10.8 Å². The van der Waals surface area contributed by atoms with Crippen molar-refractivity contribution in [1.82, 2.24) is 19.0 Å². The van der Waals surface area contributed by atoms with Gasteiger partial charge in [0.25, 0.3) is 0 Å². The molecular formula is C27H37FN6O6. The van der Waals surface area contributed by atoms with E-state index in [0.29, 0.717) is 48.9 Å². The van der Waals surface area contributed by atoms with Gasteiger partial charge in [0.2, 0.25) is 5.43 Å². The Morgan fingerprint density at radius 2 is 1.77 bits per heavy atom. The van der Waals surface area contributed by atoms with Crippen molar-refractivity contribution in [3.05, 3.63) is 61.6 Å². The van der Waals surface area contributed by atoms with Crippen molar-refractivity contribution in [3.8, 4) is 0 Å². The first-order valence-electron chi connectivity index (χ1n) is 13.3. The van der Waals surface area contributed by atoms with Crippen LogP contribution in [0.3, 0.4) is 0 Å². The standard InChI is InChI=1S/C25H31FN6O6.C2H6/c1-14(2)31-15(3)23(25(35)36)24(34)18-9-19(26)21(10-20(18)31)29-7-5-28(6-8-29)12-17(33)13-30-16(4)27-11-22(30)32(37)38;1-2/h9-11,14,17,33H,5-8,12-13H2,1-4H3,(H,35,36);1-2H3. The summed E-state index contributed by atoms with van der Waals surface area (Å²) in [5, 5.41) is 31.4. The quantitative estimate of drug-likeness (QED) is 0.313. The molecule has 0 spiro atoms. The lowest BCUT2D eigenvalue weighted by molar-refractivity contribution is -0.392. The number of halogens is 1. The van der Waals surface area contributed by atoms with Crippen LogP contribution in [0, 0.1) is 29.8 Å². The highest BCUT2D eigenvalue weighted by Gasteiger charge is 2.27. The lowest BCUT2D eigenvalue weighted by Gasteiger charge is -2.37. The van der Waals surface area contributed by atoms with E-state index in [9.17, 15) is 29.9 Å². The molecule has 1 saturated heterocycles. The minimum Gasteiger partial charge on any atom is -0.477 e. The lowest BCUT2D eigenvalue weighted by Crippen LogP contribution is -2.49. The largest absolute Gasteiger partial charge is 0.477 e. The SMILES string of the molecule is CC.Cc1ncc([N+](=O)[O-])n1CC(O)CN1CCN(c2cc3c(cc2F)c(=O)c(C(=O)O)c(C)n3C(C)C)CC1. The summed E-state index contributed by atoms with van der Waals surface area (Å²) in [6.07, 6.45) is 0.305. The maximum absolute atomic E-state index is 15.3. The van der Waals surface area contributed by atoms with Crippen LogP contribution in [0.25, 0.3) is 10.9 Å². The molecule has 1 atom stereocenters. The maximum Gasteiger partial charge on any atom is 0.342 e. The summed E-state index contributed by atoms with van der Waals surface area (Å²) >= 11 is 0. The van der Waals surface area contributed by atoms with Gasteiger partial charge in [0.05, 0.1) is 11.2 Å². The van der Waals surface area contributed by atoms with Crippen LogP contribution in [0.4, 0.5) is 15.9 Å². The molecule has 1 unspecified atom stereocenters. The summed E-state index contributed by atoms with van der Waals surface area (Å²) in [6, 6.07) is 2.56. The zero-order valence-electron chi connectivity index (χ0n) is 23.7. The van der Waals surface area contributed by atoms with Gasteiger partial charge < -0.3 is 29.8 Å². The summed E-state index contributed by atoms with van der Waals surface area (Å²) in [7, 11) is 0. The molecule has 2 aromatic heterocycles. The van der Waals surface area contributed by atoms with E-state index in [4.69, 9.17) is 0 Å². The van der Waals surface area contributed by atoms with Crippen LogP contribution in [0.1, 0.15) is 55.6 Å². The van der Waals surface area contributed by atoms with Crippen LogP contribution in [0.2, 0.25) is 0 Å². The van der Waals surface area contributed by atoms with Gasteiger partial charge in [-0.25, -0.2) is 18.7 Å². The number of anilines is 1. The Hall–Kier alpha value is -3.84. The molecule has 218 valence electrons. The molecule has 1 aromatic carbocycles. The first kappa shape index (κ1) is 30.7. The van der Waals surface area contributed by atoms with E-state index in [1.807, 2.05) is 37.5 Å². The fourth-order valence-corrected chi connectivity index (χ4v) is 5.26. The number of rotatable bonds is 8. The summed E-state index contributed by atoms with van der Waals surface area (Å²) < 4.78 is 18.4. The Balaban J connectivity index is 0.00000216. The molecule has 1 aliphatic rings. The number of aliphatic hydroxyl groups is 1. The van der Waals surface area contributed by atoms with Crippen molar-refractivity contribution in [1.29, 1.82) is 0 Å². The number of nitro groups is 1. The minimum atomic E-state index is -1.34. The normalized spacial score (nSPS) is 14.8. The Kier molecular flexibility index (Phi) is 9.64. The molecule has 0 saturated carbocycles. The number of hydrogen-bond donors (Lipinski definition) is 2. The third kappa shape index (κ3) is 5.99. The van der Waals surface area contributed by atoms with E-state index in [0.717, 1.165) is 6.07 Å². The molecule has 1 fully saturated rings. The number of imidazole rings is 1. The second-order valence-corrected chi connectivity index (χ2v) is 9.85. The van der Waals surface area contributed by atoms with E-state index >= 15 is 4.39 Å². The van der Waals surface area contributed by atoms with Gasteiger partial charge in [0.1, 0.15) is 30.2 Å². The van der Waals surface area contributed by atoms with E-state index in [1.54, 1.807) is 24.5 Å². The summed E-state index contributed by atoms with van der Waals surface area (Å²) in [4.78, 5) is 43.1. The Morgan fingerprint density at radius 3 is 2.33 bits per heavy atom. The zero-order valence-corrected chi connectivity index (χ0v) is 23.7. The predicted octanol–water partition coefficient (Wildman–Crippen LogP) is 3.35. The first-order valence-corrected chi connectivity index (χ1v) is 13.3. The molecule has 0 aliphatic carbocycles. The van der Waals surface area contributed by atoms with Crippen LogP contribution in [0.15, 0.2) is 23.1 Å². The van der Waals surface area contributed by atoms with E-state index in [-0.39, 0.29) is 35.9 Å². The van der Waals surface area contributed by atoms with Gasteiger partial charge in [-0.1, -0.05) is 13.8 Å². The number of carboxylic acids is 1. The average Bonchev–Trinajstić information content (AvgIpc) is 3.25. The van der Waals surface area contributed by atoms with Crippen LogP contribution < -0.4 is 10.3 Å². The van der Waals surface area contributed by atoms with Crippen LogP contribution >= 0.6 is 0 Å². The summed E-state index contributed by atoms with van der Waals surface area (Å²) in [5.74, 6) is -1.69. The van der Waals surface area contributed by atoms with Crippen molar-refractivity contribution in [2.45, 2.75) is 60.2 Å². The number of piperazine rings is 1. The van der Waals surface area contributed by atoms with Crippen molar-refractivity contribution >= 4 is 28.4 Å². The molecule has 1 aliphatic heterocycles. The molecule has 3 aromatic rings. The molecule has 2 N–H and O–H groups in total. The number of aromatic carboxylic acids is 1. The van der Waals surface area contributed by atoms with E-state index < -0.39 is 28.2 Å². The highest BCUT2D eigenvalue weighted by atomic mass is 19.1. The van der Waals surface area contributed by atoms with Crippen LogP contribution in [-0.4, -0.2) is 79.0 Å². The minimum absolute atomic E-state index is 0.0218. The summed E-state index contributed by atoms with van der Waals surface area (Å²) in [6.45, 7) is 13.2. The molecule has 3 heterocycles. The third-order valence-corrected chi connectivity index (χ3v) is 7.05. The fraction of sp³-hybridized carbons (Fsp3) is 0.519. The van der Waals surface area contributed by atoms with Gasteiger partial charge >= 0.3 is 11.8 Å². The predicted molar refractivity (Wildman–Crippen MR) is 150 cm³/mol. The smallest absolute Gasteiger partial charge is 0.342 e. The Labute approximate surface area is 231 Å². The number of benzene rings is 1. The number of hydrogen-bond acceptors (Lipinski definition) is 8. The highest BCUT2D eigenvalue weighted by molar-refractivity contribution is 5.95. The molecular weight excluding hydrogens is 523 g/mol. The molecule has 13 heteroatoms. The number of carboxylic acid groups (broad SMARTS) is 1. The number of aryl methyl sites for hydroxylation is 1. The number of aromatic nitrogens is 3. The molecule has 0 radical (unpaired) electrons. The lowest BCUT2D eigenvalue weighted by atomic mass is 10.0. The second-order valence-electron chi connectivity index (χ2n) is 9.85. The Bertz CT molecular complexity index is 1460. The molecule has 40 heavy (non-hydrogen) atoms. The molecule has 0 bridgehead atoms. The van der Waals surface area contributed by atoms with Gasteiger partial charge in [-0.15, -0.1) is 0 Å². The number of β-amino-alcohol motifs (C(OH)–C–C–N with tert-alkyl or cyclic N) is 1. The summed E-state index contributed by atoms with van der Waals surface area (Å²) in [5.41, 5.74) is 0.0358. The van der Waals surface area contributed by atoms with Crippen LogP contribution in [-0.2, 0) is 6.54 Å². The van der Waals surface area contributed by atoms with Crippen molar-refractivity contribution in [2.24, 2.45) is 0 Å². The number of pyridine rings is 1. The van der Waals surface area contributed by atoms with Gasteiger partial charge in [-0.2, -0.15) is 0 Å². The maximum atomic E-state index is 15.3. The van der Waals surface area contributed by atoms with Crippen molar-refractivity contribution < 1.29 is 24.3 Å². The number of aliphatic hydroxyl groups excluding tert-OH is 1. The topological polar surface area (TPSA) is 147 Å². The van der Waals surface area contributed by atoms with Gasteiger partial charge in [0.15, 0.2) is 5.82 Å². The molecule has 12 nitrogen and oxygen atoms in total. The van der Waals surface area contributed by atoms with Gasteiger partial charge in [-0.05, 0) is 37.8 Å². The molecule has 4 rings (SSSR count). The van der Waals surface area contributed by atoms with Gasteiger partial charge in [0, 0.05) is 56.8 Å². The second kappa shape index (κ2) is 12.6. The monoisotopic (exact) mass is 560 g/mol. The molecule has 0 amide bonds. The Morgan fingerprint density at radius 1 is 1.15 bits per heavy atom. The number of nitrogens with zero attached hydrogens (tertiary/aromatic N) is 6. The average molecular weight is 561 g/mol. The number of fused-ring (bicyclic) bond motifs is 1. The third-order valence-electron chi connectivity index (χ3n) is 7.05. The van der Waals surface area contributed by atoms with E-state index in [2.05, 4.69) is 4.98 Å². The zero-order chi connectivity index (χ0) is 29.9. The van der Waals surface area contributed by atoms with Crippen LogP contribution in [0.5, 0.6) is 0 Å². The van der Waals surface area contributed by atoms with Gasteiger partial charge in [-0.3, -0.25) is 9.69 Å².